The van der Waals surface area contributed by atoms with E-state index in [9.17, 15) is 18.0 Å². The Balaban J connectivity index is 2.66. The lowest BCUT2D eigenvalue weighted by Gasteiger charge is -2.25. The molecule has 0 heterocycles. The third-order valence-electron chi connectivity index (χ3n) is 3.48. The zero-order valence-corrected chi connectivity index (χ0v) is 16.4. The maximum atomic E-state index is 13.3. The van der Waals surface area contributed by atoms with E-state index >= 15 is 0 Å². The molecule has 138 valence electrons. The number of para-hydroxylation sites is 1. The number of rotatable bonds is 6. The summed E-state index contributed by atoms with van der Waals surface area (Å²) in [6, 6.07) is 12.1. The average Bonchev–Trinajstić information content (AvgIpc) is 2.65. The van der Waals surface area contributed by atoms with Gasteiger partial charge in [0.1, 0.15) is 11.4 Å². The van der Waals surface area contributed by atoms with E-state index in [1.165, 1.54) is 30.3 Å². The van der Waals surface area contributed by atoms with Gasteiger partial charge in [0, 0.05) is 4.47 Å². The number of nitrogens with zero attached hydrogens (tertiary/aromatic N) is 1. The molecule has 7 nitrogen and oxygen atoms in total. The molecule has 0 spiro atoms. The Bertz CT molecular complexity index is 928. The van der Waals surface area contributed by atoms with Gasteiger partial charge in [-0.25, -0.2) is 13.2 Å². The highest BCUT2D eigenvalue weighted by molar-refractivity contribution is 9.10. The molecule has 0 saturated heterocycles. The summed E-state index contributed by atoms with van der Waals surface area (Å²) in [6.45, 7) is -0.559. The molecule has 2 aromatic rings. The third-order valence-corrected chi connectivity index (χ3v) is 5.97. The molecule has 2 aromatic carbocycles. The molecule has 0 unspecified atom stereocenters. The van der Waals surface area contributed by atoms with Crippen LogP contribution < -0.4 is 4.31 Å². The van der Waals surface area contributed by atoms with Gasteiger partial charge in [-0.05, 0) is 40.2 Å². The Labute approximate surface area is 159 Å². The van der Waals surface area contributed by atoms with Crippen molar-refractivity contribution in [2.24, 2.45) is 0 Å². The summed E-state index contributed by atoms with van der Waals surface area (Å²) in [5.41, 5.74) is 0.106. The summed E-state index contributed by atoms with van der Waals surface area (Å²) >= 11 is 3.29. The van der Waals surface area contributed by atoms with Crippen molar-refractivity contribution in [1.29, 1.82) is 0 Å². The maximum absolute atomic E-state index is 13.3. The van der Waals surface area contributed by atoms with Crippen LogP contribution in [0.3, 0.4) is 0 Å². The topological polar surface area (TPSA) is 90.0 Å². The number of hydrogen-bond donors (Lipinski definition) is 0. The molecule has 0 fully saturated rings. The minimum absolute atomic E-state index is 0.128. The lowest BCUT2D eigenvalue weighted by Crippen LogP contribution is -2.37. The summed E-state index contributed by atoms with van der Waals surface area (Å²) in [5, 5.41) is 0. The van der Waals surface area contributed by atoms with Crippen LogP contribution in [0.15, 0.2) is 57.9 Å². The van der Waals surface area contributed by atoms with Gasteiger partial charge in [0.25, 0.3) is 10.0 Å². The number of sulfonamides is 1. The molecule has 0 atom stereocenters. The van der Waals surface area contributed by atoms with Gasteiger partial charge in [0.2, 0.25) is 0 Å². The van der Waals surface area contributed by atoms with Gasteiger partial charge < -0.3 is 9.47 Å². The van der Waals surface area contributed by atoms with Crippen LogP contribution in [-0.4, -0.2) is 41.1 Å². The van der Waals surface area contributed by atoms with E-state index in [0.717, 1.165) is 18.5 Å². The first kappa shape index (κ1) is 19.9. The monoisotopic (exact) mass is 441 g/mol. The molecule has 0 N–H and O–H groups in total. The Hall–Kier alpha value is -2.39. The minimum atomic E-state index is -4.27. The predicted octanol–water partition coefficient (Wildman–Crippen LogP) is 2.60. The molecule has 0 aliphatic heterocycles. The molecule has 2 rings (SSSR count). The van der Waals surface area contributed by atoms with Crippen molar-refractivity contribution in [1.82, 2.24) is 0 Å². The van der Waals surface area contributed by atoms with Crippen LogP contribution >= 0.6 is 15.9 Å². The van der Waals surface area contributed by atoms with Crippen LogP contribution in [0.1, 0.15) is 10.4 Å². The van der Waals surface area contributed by atoms with Gasteiger partial charge in [0.15, 0.2) is 0 Å². The highest BCUT2D eigenvalue weighted by Gasteiger charge is 2.32. The Morgan fingerprint density at radius 2 is 1.62 bits per heavy atom. The summed E-state index contributed by atoms with van der Waals surface area (Å²) in [7, 11) is -1.95. The van der Waals surface area contributed by atoms with E-state index < -0.39 is 28.5 Å². The van der Waals surface area contributed by atoms with Crippen molar-refractivity contribution in [2.45, 2.75) is 4.90 Å². The molecule has 26 heavy (non-hydrogen) atoms. The first-order valence-corrected chi connectivity index (χ1v) is 9.57. The van der Waals surface area contributed by atoms with E-state index in [1.807, 2.05) is 0 Å². The Kier molecular flexibility index (Phi) is 6.38. The van der Waals surface area contributed by atoms with E-state index in [-0.39, 0.29) is 16.1 Å². The lowest BCUT2D eigenvalue weighted by molar-refractivity contribution is -0.138. The third kappa shape index (κ3) is 4.05. The Morgan fingerprint density at radius 3 is 2.23 bits per heavy atom. The van der Waals surface area contributed by atoms with Crippen LogP contribution in [0.4, 0.5) is 5.69 Å². The molecule has 0 aromatic heterocycles. The fourth-order valence-electron chi connectivity index (χ4n) is 2.22. The molecular formula is C17H16BrNO6S. The van der Waals surface area contributed by atoms with Crippen molar-refractivity contribution < 1.29 is 27.5 Å². The zero-order valence-electron chi connectivity index (χ0n) is 14.0. The van der Waals surface area contributed by atoms with Gasteiger partial charge in [-0.3, -0.25) is 9.10 Å². The second kappa shape index (κ2) is 8.33. The summed E-state index contributed by atoms with van der Waals surface area (Å²) in [6.07, 6.45) is 0. The van der Waals surface area contributed by atoms with Crippen LogP contribution in [0.25, 0.3) is 0 Å². The van der Waals surface area contributed by atoms with Crippen LogP contribution in [0.5, 0.6) is 0 Å². The molecule has 0 radical (unpaired) electrons. The van der Waals surface area contributed by atoms with E-state index in [2.05, 4.69) is 25.4 Å². The van der Waals surface area contributed by atoms with Gasteiger partial charge in [0.05, 0.1) is 25.5 Å². The van der Waals surface area contributed by atoms with Crippen molar-refractivity contribution in [3.63, 3.8) is 0 Å². The highest BCUT2D eigenvalue weighted by Crippen LogP contribution is 2.31. The minimum Gasteiger partial charge on any atom is -0.468 e. The smallest absolute Gasteiger partial charge is 0.339 e. The summed E-state index contributed by atoms with van der Waals surface area (Å²) < 4.78 is 37.2. The average molecular weight is 442 g/mol. The molecule has 0 saturated carbocycles. The number of halogens is 1. The van der Waals surface area contributed by atoms with E-state index in [1.54, 1.807) is 18.2 Å². The molecule has 0 bridgehead atoms. The lowest BCUT2D eigenvalue weighted by atomic mass is 10.2. The van der Waals surface area contributed by atoms with Crippen LogP contribution in [-0.2, 0) is 24.3 Å². The second-order valence-electron chi connectivity index (χ2n) is 5.03. The number of carbonyl (C=O) groups is 2. The van der Waals surface area contributed by atoms with Gasteiger partial charge in [-0.1, -0.05) is 24.3 Å². The predicted molar refractivity (Wildman–Crippen MR) is 98.5 cm³/mol. The van der Waals surface area contributed by atoms with Gasteiger partial charge in [-0.15, -0.1) is 0 Å². The van der Waals surface area contributed by atoms with Crippen molar-refractivity contribution >= 4 is 43.6 Å². The molecule has 0 amide bonds. The number of methoxy groups -OCH3 is 2. The van der Waals surface area contributed by atoms with Crippen molar-refractivity contribution in [2.75, 3.05) is 25.1 Å². The number of ether oxygens (including phenoxy) is 2. The quantitative estimate of drug-likeness (QED) is 0.639. The van der Waals surface area contributed by atoms with E-state index in [0.29, 0.717) is 4.47 Å². The summed E-state index contributed by atoms with van der Waals surface area (Å²) in [4.78, 5) is 23.5. The van der Waals surface area contributed by atoms with Crippen LogP contribution in [0, 0.1) is 0 Å². The molecule has 0 aliphatic carbocycles. The fraction of sp³-hybridized carbons (Fsp3) is 0.176. The first-order chi connectivity index (χ1) is 12.3. The van der Waals surface area contributed by atoms with Gasteiger partial charge >= 0.3 is 11.9 Å². The SMILES string of the molecule is COC(=O)CN(c1ccccc1Br)S(=O)(=O)c1ccccc1C(=O)OC. The molecule has 0 aliphatic rings. The first-order valence-electron chi connectivity index (χ1n) is 7.34. The van der Waals surface area contributed by atoms with Crippen LogP contribution in [0.2, 0.25) is 0 Å². The number of benzene rings is 2. The number of carbonyl (C=O) groups excluding carboxylic acids is 2. The normalized spacial score (nSPS) is 10.9. The standard InChI is InChI=1S/C17H16BrNO6S/c1-24-16(20)11-19(14-9-5-4-8-13(14)18)26(22,23)15-10-6-3-7-12(15)17(21)25-2/h3-10H,11H2,1-2H3. The largest absolute Gasteiger partial charge is 0.468 e. The second-order valence-corrected chi connectivity index (χ2v) is 7.71. The number of hydrogen-bond acceptors (Lipinski definition) is 6. The van der Waals surface area contributed by atoms with E-state index in [4.69, 9.17) is 0 Å². The molecule has 9 heteroatoms. The van der Waals surface area contributed by atoms with Gasteiger partial charge in [-0.2, -0.15) is 0 Å². The number of anilines is 1. The van der Waals surface area contributed by atoms with Crippen molar-refractivity contribution in [3.8, 4) is 0 Å². The molecular weight excluding hydrogens is 426 g/mol. The zero-order chi connectivity index (χ0) is 19.3. The summed E-state index contributed by atoms with van der Waals surface area (Å²) in [5.74, 6) is -1.55. The maximum Gasteiger partial charge on any atom is 0.339 e. The number of esters is 2. The van der Waals surface area contributed by atoms with Crippen molar-refractivity contribution in [3.05, 3.63) is 58.6 Å². The fourth-order valence-corrected chi connectivity index (χ4v) is 4.45. The Morgan fingerprint density at radius 1 is 1.00 bits per heavy atom. The highest BCUT2D eigenvalue weighted by atomic mass is 79.9.